The van der Waals surface area contributed by atoms with Crippen LogP contribution in [0.3, 0.4) is 0 Å². The monoisotopic (exact) mass is 427 g/mol. The number of nitro groups is 1. The molecule has 0 aromatic heterocycles. The molecule has 1 fully saturated rings. The van der Waals surface area contributed by atoms with Crippen LogP contribution >= 0.6 is 28.3 Å². The van der Waals surface area contributed by atoms with E-state index in [1.807, 2.05) is 0 Å². The summed E-state index contributed by atoms with van der Waals surface area (Å²) in [7, 11) is -1.97. The van der Waals surface area contributed by atoms with Crippen LogP contribution in [0.4, 0.5) is 5.69 Å². The van der Waals surface area contributed by atoms with E-state index in [0.29, 0.717) is 23.1 Å². The highest BCUT2D eigenvalue weighted by Gasteiger charge is 2.36. The Kier molecular flexibility index (Phi) is 6.96. The van der Waals surface area contributed by atoms with Gasteiger partial charge in [0.1, 0.15) is 0 Å². The molecule has 130 valence electrons. The van der Waals surface area contributed by atoms with Gasteiger partial charge in [-0.25, -0.2) is 8.42 Å². The fourth-order valence-corrected chi connectivity index (χ4v) is 5.02. The molecule has 1 aliphatic heterocycles. The Morgan fingerprint density at radius 1 is 1.48 bits per heavy atom. The first kappa shape index (κ1) is 20.3. The number of benzene rings is 1. The number of rotatable bonds is 5. The second kappa shape index (κ2) is 7.89. The van der Waals surface area contributed by atoms with Crippen LogP contribution in [0.15, 0.2) is 21.5 Å². The van der Waals surface area contributed by atoms with Crippen molar-refractivity contribution in [1.29, 1.82) is 0 Å². The Morgan fingerprint density at radius 2 is 2.13 bits per heavy atom. The highest BCUT2D eigenvalue weighted by Crippen LogP contribution is 2.33. The molecule has 0 amide bonds. The van der Waals surface area contributed by atoms with Gasteiger partial charge in [0, 0.05) is 35.2 Å². The van der Waals surface area contributed by atoms with E-state index >= 15 is 0 Å². The van der Waals surface area contributed by atoms with Crippen LogP contribution in [0, 0.1) is 17.0 Å². The Hall–Kier alpha value is -0.740. The van der Waals surface area contributed by atoms with Crippen molar-refractivity contribution in [1.82, 2.24) is 9.62 Å². The molecule has 1 N–H and O–H groups in total. The molecule has 1 heterocycles. The summed E-state index contributed by atoms with van der Waals surface area (Å²) in [5.41, 5.74) is 0.217. The third-order valence-corrected chi connectivity index (χ3v) is 6.61. The maximum absolute atomic E-state index is 12.8. The van der Waals surface area contributed by atoms with Crippen molar-refractivity contribution >= 4 is 44.0 Å². The maximum atomic E-state index is 12.8. The van der Waals surface area contributed by atoms with Gasteiger partial charge < -0.3 is 5.32 Å². The zero-order valence-electron chi connectivity index (χ0n) is 12.8. The predicted molar refractivity (Wildman–Crippen MR) is 93.6 cm³/mol. The van der Waals surface area contributed by atoms with Crippen molar-refractivity contribution in [2.45, 2.75) is 30.7 Å². The van der Waals surface area contributed by atoms with E-state index in [1.54, 1.807) is 14.0 Å². The SMILES string of the molecule is CNCC1CCCN1S(=O)(=O)c1cc(Br)c(C)c([N+](=O)[O-])c1.Cl. The quantitative estimate of drug-likeness (QED) is 0.574. The van der Waals surface area contributed by atoms with Gasteiger partial charge in [-0.05, 0) is 32.9 Å². The number of hydrogen-bond donors (Lipinski definition) is 1. The second-order valence-corrected chi connectivity index (χ2v) is 8.02. The van der Waals surface area contributed by atoms with Crippen molar-refractivity contribution in [3.63, 3.8) is 0 Å². The number of nitrogens with zero attached hydrogens (tertiary/aromatic N) is 2. The minimum absolute atomic E-state index is 0. The van der Waals surface area contributed by atoms with Gasteiger partial charge in [0.05, 0.1) is 9.82 Å². The fourth-order valence-electron chi connectivity index (χ4n) is 2.68. The predicted octanol–water partition coefficient (Wildman–Crippen LogP) is 2.46. The summed E-state index contributed by atoms with van der Waals surface area (Å²) in [6, 6.07) is 2.46. The lowest BCUT2D eigenvalue weighted by Gasteiger charge is -2.24. The number of hydrogen-bond acceptors (Lipinski definition) is 5. The molecular formula is C13H19BrClN3O4S. The van der Waals surface area contributed by atoms with E-state index in [4.69, 9.17) is 0 Å². The standard InChI is InChI=1S/C13H18BrN3O4S.ClH/c1-9-12(14)6-11(7-13(9)17(18)19)22(20,21)16-5-3-4-10(16)8-15-2;/h6-7,10,15H,3-5,8H2,1-2H3;1H. The number of likely N-dealkylation sites (N-methyl/N-ethyl adjacent to an activating group) is 1. The average molecular weight is 429 g/mol. The lowest BCUT2D eigenvalue weighted by molar-refractivity contribution is -0.385. The van der Waals surface area contributed by atoms with Gasteiger partial charge in [0.25, 0.3) is 5.69 Å². The summed E-state index contributed by atoms with van der Waals surface area (Å²) in [6.07, 6.45) is 1.58. The first-order valence-corrected chi connectivity index (χ1v) is 9.13. The fraction of sp³-hybridized carbons (Fsp3) is 0.538. The first-order chi connectivity index (χ1) is 10.3. The summed E-state index contributed by atoms with van der Waals surface area (Å²) >= 11 is 3.21. The Balaban J connectivity index is 0.00000264. The van der Waals surface area contributed by atoms with E-state index in [2.05, 4.69) is 21.2 Å². The van der Waals surface area contributed by atoms with Gasteiger partial charge in [0.2, 0.25) is 10.0 Å². The molecule has 10 heteroatoms. The van der Waals surface area contributed by atoms with Crippen LogP contribution in [0.5, 0.6) is 0 Å². The molecule has 1 atom stereocenters. The zero-order valence-corrected chi connectivity index (χ0v) is 16.0. The zero-order chi connectivity index (χ0) is 16.5. The van der Waals surface area contributed by atoms with Crippen LogP contribution < -0.4 is 5.32 Å². The van der Waals surface area contributed by atoms with E-state index in [0.717, 1.165) is 18.9 Å². The Morgan fingerprint density at radius 3 is 2.70 bits per heavy atom. The minimum Gasteiger partial charge on any atom is -0.318 e. The van der Waals surface area contributed by atoms with Crippen molar-refractivity contribution in [3.8, 4) is 0 Å². The Bertz CT molecular complexity index is 699. The highest BCUT2D eigenvalue weighted by molar-refractivity contribution is 9.10. The van der Waals surface area contributed by atoms with Crippen LogP contribution in [-0.2, 0) is 10.0 Å². The molecule has 1 aromatic rings. The van der Waals surface area contributed by atoms with Gasteiger partial charge in [-0.2, -0.15) is 4.31 Å². The normalized spacial score (nSPS) is 18.7. The molecule has 0 spiro atoms. The van der Waals surface area contributed by atoms with Gasteiger partial charge >= 0.3 is 0 Å². The van der Waals surface area contributed by atoms with Crippen molar-refractivity contribution in [2.24, 2.45) is 0 Å². The molecule has 0 bridgehead atoms. The van der Waals surface area contributed by atoms with Gasteiger partial charge in [-0.15, -0.1) is 12.4 Å². The third kappa shape index (κ3) is 4.03. The minimum atomic E-state index is -3.75. The van der Waals surface area contributed by atoms with Crippen molar-refractivity contribution < 1.29 is 13.3 Å². The lowest BCUT2D eigenvalue weighted by Crippen LogP contribution is -2.40. The average Bonchev–Trinajstić information content (AvgIpc) is 2.90. The summed E-state index contributed by atoms with van der Waals surface area (Å²) in [5.74, 6) is 0. The van der Waals surface area contributed by atoms with Crippen LogP contribution in [0.25, 0.3) is 0 Å². The van der Waals surface area contributed by atoms with E-state index in [1.165, 1.54) is 10.4 Å². The lowest BCUT2D eigenvalue weighted by atomic mass is 10.2. The molecule has 1 aliphatic rings. The molecular weight excluding hydrogens is 410 g/mol. The van der Waals surface area contributed by atoms with Gasteiger partial charge in [-0.3, -0.25) is 10.1 Å². The molecule has 0 radical (unpaired) electrons. The molecule has 0 saturated carbocycles. The highest BCUT2D eigenvalue weighted by atomic mass is 79.9. The molecule has 1 unspecified atom stereocenters. The summed E-state index contributed by atoms with van der Waals surface area (Å²) in [5, 5.41) is 14.1. The largest absolute Gasteiger partial charge is 0.318 e. The smallest absolute Gasteiger partial charge is 0.274 e. The van der Waals surface area contributed by atoms with E-state index < -0.39 is 14.9 Å². The van der Waals surface area contributed by atoms with Gasteiger partial charge in [-0.1, -0.05) is 15.9 Å². The number of sulfonamides is 1. The van der Waals surface area contributed by atoms with Crippen LogP contribution in [0.1, 0.15) is 18.4 Å². The van der Waals surface area contributed by atoms with Crippen molar-refractivity contribution in [2.75, 3.05) is 20.1 Å². The summed E-state index contributed by atoms with van der Waals surface area (Å²) in [6.45, 7) is 2.58. The van der Waals surface area contributed by atoms with E-state index in [9.17, 15) is 18.5 Å². The van der Waals surface area contributed by atoms with Crippen molar-refractivity contribution in [3.05, 3.63) is 32.3 Å². The second-order valence-electron chi connectivity index (χ2n) is 5.28. The molecule has 23 heavy (non-hydrogen) atoms. The Labute approximate surface area is 150 Å². The summed E-state index contributed by atoms with van der Waals surface area (Å²) in [4.78, 5) is 10.5. The van der Waals surface area contributed by atoms with Gasteiger partial charge in [0.15, 0.2) is 0 Å². The number of nitro benzene ring substituents is 1. The number of halogens is 2. The molecule has 1 saturated heterocycles. The molecule has 1 aromatic carbocycles. The number of nitrogens with one attached hydrogen (secondary N) is 1. The summed E-state index contributed by atoms with van der Waals surface area (Å²) < 4.78 is 27.5. The van der Waals surface area contributed by atoms with E-state index in [-0.39, 0.29) is 29.0 Å². The molecule has 2 rings (SSSR count). The first-order valence-electron chi connectivity index (χ1n) is 6.90. The third-order valence-electron chi connectivity index (χ3n) is 3.86. The molecule has 0 aliphatic carbocycles. The van der Waals surface area contributed by atoms with Crippen LogP contribution in [-0.4, -0.2) is 43.8 Å². The molecule has 7 nitrogen and oxygen atoms in total. The maximum Gasteiger partial charge on any atom is 0.274 e. The topological polar surface area (TPSA) is 92.6 Å². The van der Waals surface area contributed by atoms with Crippen LogP contribution in [0.2, 0.25) is 0 Å².